The highest BCUT2D eigenvalue weighted by atomic mass is 32.2. The molecule has 6 nitrogen and oxygen atoms in total. The van der Waals surface area contributed by atoms with Crippen LogP contribution in [0.2, 0.25) is 0 Å². The fourth-order valence-electron chi connectivity index (χ4n) is 5.30. The summed E-state index contributed by atoms with van der Waals surface area (Å²) >= 11 is 6.89. The van der Waals surface area contributed by atoms with Crippen molar-refractivity contribution in [1.29, 1.82) is 0 Å². The molecule has 2 saturated heterocycles. The molecule has 8 heteroatoms. The summed E-state index contributed by atoms with van der Waals surface area (Å²) in [5.74, 6) is 0.591. The largest absolute Gasteiger partial charge is 0.356 e. The summed E-state index contributed by atoms with van der Waals surface area (Å²) in [6, 6.07) is 3.86. The lowest BCUT2D eigenvalue weighted by molar-refractivity contribution is -0.122. The average molecular weight is 555 g/mol. The maximum atomic E-state index is 13.7. The number of unbranched alkanes of at least 4 members (excludes halogenated alkanes) is 9. The van der Waals surface area contributed by atoms with Crippen LogP contribution >= 0.6 is 24.0 Å². The molecule has 0 spiro atoms. The molecule has 4 heterocycles. The molecule has 38 heavy (non-hydrogen) atoms. The highest BCUT2D eigenvalue weighted by Gasteiger charge is 2.32. The summed E-state index contributed by atoms with van der Waals surface area (Å²) in [4.78, 5) is 36.3. The van der Waals surface area contributed by atoms with Crippen LogP contribution in [0.1, 0.15) is 102 Å². The average Bonchev–Trinajstić information content (AvgIpc) is 3.19. The van der Waals surface area contributed by atoms with Crippen molar-refractivity contribution in [3.05, 3.63) is 44.7 Å². The third-order valence-electron chi connectivity index (χ3n) is 7.53. The molecule has 2 fully saturated rings. The van der Waals surface area contributed by atoms with Crippen LogP contribution in [-0.4, -0.2) is 44.1 Å². The van der Waals surface area contributed by atoms with E-state index >= 15 is 0 Å². The van der Waals surface area contributed by atoms with Crippen molar-refractivity contribution >= 4 is 51.7 Å². The number of nitrogens with zero attached hydrogens (tertiary/aromatic N) is 4. The van der Waals surface area contributed by atoms with Crippen molar-refractivity contribution in [2.24, 2.45) is 0 Å². The minimum absolute atomic E-state index is 0.0887. The number of amides is 1. The number of pyridine rings is 1. The molecular weight excluding hydrogens is 512 g/mol. The Morgan fingerprint density at radius 2 is 1.61 bits per heavy atom. The molecule has 0 radical (unpaired) electrons. The summed E-state index contributed by atoms with van der Waals surface area (Å²) in [7, 11) is 0. The third-order valence-corrected chi connectivity index (χ3v) is 8.90. The van der Waals surface area contributed by atoms with E-state index < -0.39 is 0 Å². The van der Waals surface area contributed by atoms with Gasteiger partial charge >= 0.3 is 0 Å². The van der Waals surface area contributed by atoms with Gasteiger partial charge in [-0.15, -0.1) is 0 Å². The molecule has 0 aliphatic carbocycles. The van der Waals surface area contributed by atoms with Gasteiger partial charge in [0.05, 0.1) is 10.5 Å². The number of carbonyl (C=O) groups is 1. The predicted molar refractivity (Wildman–Crippen MR) is 164 cm³/mol. The monoisotopic (exact) mass is 554 g/mol. The Morgan fingerprint density at radius 3 is 2.29 bits per heavy atom. The molecular formula is C30H42N4O2S2. The Bertz CT molecular complexity index is 1220. The second-order valence-electron chi connectivity index (χ2n) is 10.7. The molecule has 2 aromatic rings. The van der Waals surface area contributed by atoms with Gasteiger partial charge in [0, 0.05) is 25.8 Å². The SMILES string of the molecule is CCCCCCCCCCCCN1C(=O)C(=Cc2c(N3CCCCC3)nc3ccc(C)cn3c2=O)SC1=S. The Hall–Kier alpha value is -2.19. The first-order chi connectivity index (χ1) is 18.5. The summed E-state index contributed by atoms with van der Waals surface area (Å²) in [5.41, 5.74) is 1.96. The summed E-state index contributed by atoms with van der Waals surface area (Å²) in [5, 5.41) is 0. The van der Waals surface area contributed by atoms with E-state index in [-0.39, 0.29) is 11.5 Å². The van der Waals surface area contributed by atoms with E-state index in [0.29, 0.717) is 32.8 Å². The van der Waals surface area contributed by atoms with Gasteiger partial charge in [0.15, 0.2) is 0 Å². The van der Waals surface area contributed by atoms with Gasteiger partial charge in [0.2, 0.25) is 0 Å². The fourth-order valence-corrected chi connectivity index (χ4v) is 6.59. The molecule has 2 aliphatic heterocycles. The van der Waals surface area contributed by atoms with E-state index in [9.17, 15) is 9.59 Å². The second kappa shape index (κ2) is 14.3. The highest BCUT2D eigenvalue weighted by molar-refractivity contribution is 8.26. The standard InChI is InChI=1S/C30H42N4O2S2/c1-3-4-5-6-7-8-9-10-11-15-20-33-29(36)25(38-30(33)37)21-24-27(32-18-13-12-14-19-32)31-26-17-16-23(2)22-34(26)28(24)35/h16-17,21-22H,3-15,18-20H2,1-2H3. The lowest BCUT2D eigenvalue weighted by Crippen LogP contribution is -2.33. The molecule has 0 N–H and O–H groups in total. The Balaban J connectivity index is 1.43. The number of thioether (sulfide) groups is 1. The predicted octanol–water partition coefficient (Wildman–Crippen LogP) is 7.12. The van der Waals surface area contributed by atoms with Crippen LogP contribution in [-0.2, 0) is 4.79 Å². The summed E-state index contributed by atoms with van der Waals surface area (Å²) < 4.78 is 2.18. The first-order valence-electron chi connectivity index (χ1n) is 14.5. The zero-order chi connectivity index (χ0) is 26.9. The van der Waals surface area contributed by atoms with Crippen molar-refractivity contribution in [2.45, 2.75) is 97.3 Å². The van der Waals surface area contributed by atoms with Crippen LogP contribution in [0.4, 0.5) is 5.82 Å². The van der Waals surface area contributed by atoms with Crippen LogP contribution < -0.4 is 10.5 Å². The molecule has 2 aromatic heterocycles. The fraction of sp³-hybridized carbons (Fsp3) is 0.600. The van der Waals surface area contributed by atoms with Gasteiger partial charge in [-0.2, -0.15) is 0 Å². The van der Waals surface area contributed by atoms with Crippen LogP contribution in [0.5, 0.6) is 0 Å². The van der Waals surface area contributed by atoms with Gasteiger partial charge in [0.25, 0.3) is 11.5 Å². The number of piperidine rings is 1. The van der Waals surface area contributed by atoms with Crippen molar-refractivity contribution in [1.82, 2.24) is 14.3 Å². The zero-order valence-electron chi connectivity index (χ0n) is 23.0. The number of hydrogen-bond acceptors (Lipinski definition) is 6. The number of anilines is 1. The van der Waals surface area contributed by atoms with E-state index in [1.54, 1.807) is 15.4 Å². The van der Waals surface area contributed by atoms with Gasteiger partial charge in [-0.3, -0.25) is 18.9 Å². The summed E-state index contributed by atoms with van der Waals surface area (Å²) in [6.45, 7) is 6.60. The molecule has 0 unspecified atom stereocenters. The van der Waals surface area contributed by atoms with Crippen molar-refractivity contribution < 1.29 is 4.79 Å². The van der Waals surface area contributed by atoms with E-state index in [1.807, 2.05) is 25.3 Å². The number of fused-ring (bicyclic) bond motifs is 1. The lowest BCUT2D eigenvalue weighted by Gasteiger charge is -2.29. The van der Waals surface area contributed by atoms with E-state index in [4.69, 9.17) is 17.2 Å². The maximum Gasteiger partial charge on any atom is 0.267 e. The molecule has 206 valence electrons. The van der Waals surface area contributed by atoms with Gasteiger partial charge in [-0.1, -0.05) is 94.8 Å². The van der Waals surface area contributed by atoms with Crippen molar-refractivity contribution in [3.63, 3.8) is 0 Å². The van der Waals surface area contributed by atoms with E-state index in [2.05, 4.69) is 11.8 Å². The molecule has 2 aliphatic rings. The third kappa shape index (κ3) is 7.26. The van der Waals surface area contributed by atoms with Crippen LogP contribution in [0.25, 0.3) is 11.7 Å². The molecule has 0 saturated carbocycles. The van der Waals surface area contributed by atoms with Gasteiger partial charge in [0.1, 0.15) is 15.8 Å². The van der Waals surface area contributed by atoms with Gasteiger partial charge in [-0.25, -0.2) is 4.98 Å². The van der Waals surface area contributed by atoms with Crippen molar-refractivity contribution in [2.75, 3.05) is 24.5 Å². The first kappa shape index (κ1) is 28.8. The summed E-state index contributed by atoms with van der Waals surface area (Å²) in [6.07, 6.45) is 19.4. The topological polar surface area (TPSA) is 57.9 Å². The number of rotatable bonds is 13. The number of aryl methyl sites for hydroxylation is 1. The maximum absolute atomic E-state index is 13.7. The Labute approximate surface area is 236 Å². The quantitative estimate of drug-likeness (QED) is 0.149. The van der Waals surface area contributed by atoms with E-state index in [0.717, 1.165) is 44.3 Å². The molecule has 0 aromatic carbocycles. The zero-order valence-corrected chi connectivity index (χ0v) is 24.7. The normalized spacial score (nSPS) is 17.4. The molecule has 1 amide bonds. The highest BCUT2D eigenvalue weighted by Crippen LogP contribution is 2.34. The van der Waals surface area contributed by atoms with Crippen LogP contribution in [0.3, 0.4) is 0 Å². The van der Waals surface area contributed by atoms with Crippen molar-refractivity contribution in [3.8, 4) is 0 Å². The van der Waals surface area contributed by atoms with Gasteiger partial charge < -0.3 is 4.90 Å². The molecule has 4 rings (SSSR count). The number of aromatic nitrogens is 2. The Kier molecular flexibility index (Phi) is 10.8. The van der Waals surface area contributed by atoms with Gasteiger partial charge in [-0.05, 0) is 50.3 Å². The first-order valence-corrected chi connectivity index (χ1v) is 15.8. The Morgan fingerprint density at radius 1 is 0.947 bits per heavy atom. The van der Waals surface area contributed by atoms with E-state index in [1.165, 1.54) is 69.5 Å². The number of carbonyl (C=O) groups excluding carboxylic acids is 1. The molecule has 0 bridgehead atoms. The smallest absolute Gasteiger partial charge is 0.267 e. The minimum Gasteiger partial charge on any atom is -0.356 e. The lowest BCUT2D eigenvalue weighted by atomic mass is 10.1. The number of thiocarbonyl (C=S) groups is 1. The van der Waals surface area contributed by atoms with Crippen LogP contribution in [0, 0.1) is 6.92 Å². The van der Waals surface area contributed by atoms with Crippen LogP contribution in [0.15, 0.2) is 28.0 Å². The molecule has 0 atom stereocenters. The second-order valence-corrected chi connectivity index (χ2v) is 12.3. The minimum atomic E-state index is -0.140. The number of hydrogen-bond donors (Lipinski definition) is 0.